The number of furan rings is 1. The summed E-state index contributed by atoms with van der Waals surface area (Å²) >= 11 is 0. The monoisotopic (exact) mass is 209 g/mol. The highest BCUT2D eigenvalue weighted by Gasteiger charge is 2.30. The van der Waals surface area contributed by atoms with Crippen molar-refractivity contribution in [2.75, 3.05) is 7.11 Å². The van der Waals surface area contributed by atoms with Crippen LogP contribution in [-0.2, 0) is 4.74 Å². The third kappa shape index (κ3) is 2.21. The second-order valence-corrected chi connectivity index (χ2v) is 3.99. The van der Waals surface area contributed by atoms with Crippen LogP contribution in [0.4, 0.5) is 0 Å². The lowest BCUT2D eigenvalue weighted by Crippen LogP contribution is -2.47. The van der Waals surface area contributed by atoms with E-state index in [1.54, 1.807) is 19.4 Å². The smallest absolute Gasteiger partial charge is 0.287 e. The Morgan fingerprint density at radius 1 is 1.60 bits per heavy atom. The SMILES string of the molecule is COC1CC(NC(=O)c2cc(C)co2)C1. The van der Waals surface area contributed by atoms with Crippen molar-refractivity contribution in [1.82, 2.24) is 5.32 Å². The van der Waals surface area contributed by atoms with E-state index in [0.29, 0.717) is 11.9 Å². The summed E-state index contributed by atoms with van der Waals surface area (Å²) in [6, 6.07) is 1.97. The summed E-state index contributed by atoms with van der Waals surface area (Å²) in [4.78, 5) is 11.6. The Labute approximate surface area is 88.6 Å². The fourth-order valence-electron chi connectivity index (χ4n) is 1.68. The van der Waals surface area contributed by atoms with E-state index in [2.05, 4.69) is 5.32 Å². The average Bonchev–Trinajstić information content (AvgIpc) is 2.57. The number of hydrogen-bond acceptors (Lipinski definition) is 3. The van der Waals surface area contributed by atoms with Crippen molar-refractivity contribution < 1.29 is 13.9 Å². The number of carbonyl (C=O) groups excluding carboxylic acids is 1. The van der Waals surface area contributed by atoms with Gasteiger partial charge in [0.1, 0.15) is 0 Å². The van der Waals surface area contributed by atoms with Crippen LogP contribution in [0.15, 0.2) is 16.7 Å². The third-order valence-electron chi connectivity index (χ3n) is 2.72. The summed E-state index contributed by atoms with van der Waals surface area (Å²) in [7, 11) is 1.69. The molecule has 2 rings (SSSR count). The maximum absolute atomic E-state index is 11.6. The first kappa shape index (κ1) is 10.2. The topological polar surface area (TPSA) is 51.5 Å². The summed E-state index contributed by atoms with van der Waals surface area (Å²) in [5, 5.41) is 2.90. The first-order chi connectivity index (χ1) is 7.19. The van der Waals surface area contributed by atoms with Crippen LogP contribution in [0.2, 0.25) is 0 Å². The fourth-order valence-corrected chi connectivity index (χ4v) is 1.68. The zero-order valence-corrected chi connectivity index (χ0v) is 8.95. The van der Waals surface area contributed by atoms with Gasteiger partial charge in [-0.25, -0.2) is 0 Å². The van der Waals surface area contributed by atoms with Gasteiger partial charge in [-0.15, -0.1) is 0 Å². The summed E-state index contributed by atoms with van der Waals surface area (Å²) in [6.07, 6.45) is 3.66. The Bertz CT molecular complexity index is 352. The van der Waals surface area contributed by atoms with E-state index in [1.165, 1.54) is 0 Å². The Morgan fingerprint density at radius 3 is 2.87 bits per heavy atom. The molecule has 1 amide bonds. The van der Waals surface area contributed by atoms with Crippen LogP contribution < -0.4 is 5.32 Å². The Morgan fingerprint density at radius 2 is 2.33 bits per heavy atom. The number of nitrogens with one attached hydrogen (secondary N) is 1. The van der Waals surface area contributed by atoms with Crippen LogP contribution in [0.25, 0.3) is 0 Å². The van der Waals surface area contributed by atoms with Gasteiger partial charge in [-0.3, -0.25) is 4.79 Å². The third-order valence-corrected chi connectivity index (χ3v) is 2.72. The minimum absolute atomic E-state index is 0.136. The predicted molar refractivity (Wildman–Crippen MR) is 54.7 cm³/mol. The van der Waals surface area contributed by atoms with Crippen LogP contribution in [0.1, 0.15) is 29.0 Å². The molecule has 4 nitrogen and oxygen atoms in total. The number of methoxy groups -OCH3 is 1. The first-order valence-electron chi connectivity index (χ1n) is 5.08. The molecule has 4 heteroatoms. The molecule has 1 aromatic rings. The predicted octanol–water partition coefficient (Wildman–Crippen LogP) is 1.50. The van der Waals surface area contributed by atoms with Crippen LogP contribution in [0.3, 0.4) is 0 Å². The van der Waals surface area contributed by atoms with E-state index >= 15 is 0 Å². The Hall–Kier alpha value is -1.29. The van der Waals surface area contributed by atoms with Crippen LogP contribution in [-0.4, -0.2) is 25.2 Å². The zero-order chi connectivity index (χ0) is 10.8. The van der Waals surface area contributed by atoms with Crippen molar-refractivity contribution in [3.63, 3.8) is 0 Å². The molecule has 0 saturated heterocycles. The molecule has 1 aliphatic carbocycles. The van der Waals surface area contributed by atoms with Crippen molar-refractivity contribution in [2.45, 2.75) is 31.9 Å². The van der Waals surface area contributed by atoms with E-state index in [9.17, 15) is 4.79 Å². The number of amides is 1. The number of hydrogen-bond donors (Lipinski definition) is 1. The van der Waals surface area contributed by atoms with Gasteiger partial charge in [0.25, 0.3) is 5.91 Å². The zero-order valence-electron chi connectivity index (χ0n) is 8.95. The van der Waals surface area contributed by atoms with Gasteiger partial charge in [-0.1, -0.05) is 0 Å². The first-order valence-corrected chi connectivity index (χ1v) is 5.08. The van der Waals surface area contributed by atoms with E-state index in [4.69, 9.17) is 9.15 Å². The minimum atomic E-state index is -0.136. The van der Waals surface area contributed by atoms with Crippen molar-refractivity contribution in [3.8, 4) is 0 Å². The molecule has 82 valence electrons. The van der Waals surface area contributed by atoms with Crippen LogP contribution >= 0.6 is 0 Å². The standard InChI is InChI=1S/C11H15NO3/c1-7-3-10(15-6-7)11(13)12-8-4-9(5-8)14-2/h3,6,8-9H,4-5H2,1-2H3,(H,12,13). The number of rotatable bonds is 3. The van der Waals surface area contributed by atoms with Gasteiger partial charge in [0.05, 0.1) is 12.4 Å². The highest BCUT2D eigenvalue weighted by Crippen LogP contribution is 2.22. The number of carbonyl (C=O) groups is 1. The molecule has 0 aliphatic heterocycles. The van der Waals surface area contributed by atoms with Gasteiger partial charge >= 0.3 is 0 Å². The van der Waals surface area contributed by atoms with Crippen LogP contribution in [0.5, 0.6) is 0 Å². The molecule has 0 atom stereocenters. The highest BCUT2D eigenvalue weighted by molar-refractivity contribution is 5.91. The molecule has 1 heterocycles. The van der Waals surface area contributed by atoms with Gasteiger partial charge in [0.2, 0.25) is 0 Å². The van der Waals surface area contributed by atoms with Gasteiger partial charge in [0, 0.05) is 13.2 Å². The largest absolute Gasteiger partial charge is 0.459 e. The minimum Gasteiger partial charge on any atom is -0.459 e. The van der Waals surface area contributed by atoms with Crippen molar-refractivity contribution in [2.24, 2.45) is 0 Å². The number of ether oxygens (including phenoxy) is 1. The van der Waals surface area contributed by atoms with E-state index < -0.39 is 0 Å². The van der Waals surface area contributed by atoms with Gasteiger partial charge in [-0.05, 0) is 31.4 Å². The highest BCUT2D eigenvalue weighted by atomic mass is 16.5. The lowest BCUT2D eigenvalue weighted by Gasteiger charge is -2.34. The molecule has 1 aliphatic rings. The average molecular weight is 209 g/mol. The summed E-state index contributed by atoms with van der Waals surface area (Å²) < 4.78 is 10.2. The normalized spacial score (nSPS) is 24.7. The van der Waals surface area contributed by atoms with Gasteiger partial charge in [0.15, 0.2) is 5.76 Å². The second kappa shape index (κ2) is 4.06. The summed E-state index contributed by atoms with van der Waals surface area (Å²) in [6.45, 7) is 1.89. The maximum Gasteiger partial charge on any atom is 0.287 e. The Kier molecular flexibility index (Phi) is 2.77. The molecule has 0 bridgehead atoms. The van der Waals surface area contributed by atoms with Gasteiger partial charge in [-0.2, -0.15) is 0 Å². The molecule has 0 radical (unpaired) electrons. The van der Waals surface area contributed by atoms with Crippen molar-refractivity contribution >= 4 is 5.91 Å². The van der Waals surface area contributed by atoms with E-state index in [0.717, 1.165) is 18.4 Å². The van der Waals surface area contributed by atoms with Gasteiger partial charge < -0.3 is 14.5 Å². The number of aryl methyl sites for hydroxylation is 1. The second-order valence-electron chi connectivity index (χ2n) is 3.99. The lowest BCUT2D eigenvalue weighted by molar-refractivity contribution is 0.0172. The molecule has 0 aromatic carbocycles. The van der Waals surface area contributed by atoms with E-state index in [1.807, 2.05) is 6.92 Å². The molecular formula is C11H15NO3. The quantitative estimate of drug-likeness (QED) is 0.820. The van der Waals surface area contributed by atoms with Crippen molar-refractivity contribution in [1.29, 1.82) is 0 Å². The van der Waals surface area contributed by atoms with Crippen molar-refractivity contribution in [3.05, 3.63) is 23.7 Å². The lowest BCUT2D eigenvalue weighted by atomic mass is 9.89. The molecule has 1 aromatic heterocycles. The molecule has 15 heavy (non-hydrogen) atoms. The fraction of sp³-hybridized carbons (Fsp3) is 0.545. The Balaban J connectivity index is 1.84. The molecule has 0 spiro atoms. The summed E-state index contributed by atoms with van der Waals surface area (Å²) in [5.74, 6) is 0.246. The molecule has 1 saturated carbocycles. The molecule has 1 fully saturated rings. The van der Waals surface area contributed by atoms with E-state index in [-0.39, 0.29) is 11.9 Å². The molecular weight excluding hydrogens is 194 g/mol. The maximum atomic E-state index is 11.6. The van der Waals surface area contributed by atoms with Crippen LogP contribution in [0, 0.1) is 6.92 Å². The summed E-state index contributed by atoms with van der Waals surface area (Å²) in [5.41, 5.74) is 0.962. The molecule has 0 unspecified atom stereocenters. The molecule has 1 N–H and O–H groups in total.